The molecule has 0 heterocycles. The summed E-state index contributed by atoms with van der Waals surface area (Å²) in [5.41, 5.74) is 1.64. The van der Waals surface area contributed by atoms with Gasteiger partial charge in [0.05, 0.1) is 6.34 Å². The summed E-state index contributed by atoms with van der Waals surface area (Å²) in [6.45, 7) is 5.23. The van der Waals surface area contributed by atoms with E-state index >= 15 is 0 Å². The van der Waals surface area contributed by atoms with E-state index in [1.54, 1.807) is 43.5 Å². The summed E-state index contributed by atoms with van der Waals surface area (Å²) in [4.78, 5) is 16.7. The fourth-order valence-corrected chi connectivity index (χ4v) is 1.21. The zero-order chi connectivity index (χ0) is 11.3. The first-order valence-corrected chi connectivity index (χ1v) is 4.63. The van der Waals surface area contributed by atoms with Crippen LogP contribution in [-0.4, -0.2) is 19.2 Å². The van der Waals surface area contributed by atoms with Crippen molar-refractivity contribution < 1.29 is 4.79 Å². The third kappa shape index (κ3) is 2.77. The van der Waals surface area contributed by atoms with Gasteiger partial charge in [-0.05, 0) is 31.2 Å². The van der Waals surface area contributed by atoms with Crippen LogP contribution in [0.15, 0.2) is 42.0 Å². The molecule has 0 aromatic heterocycles. The first-order valence-electron chi connectivity index (χ1n) is 4.63. The SMILES string of the molecule is C=CN(C=NC)c1ccc(C(C)=O)cc1. The first kappa shape index (κ1) is 11.2. The number of anilines is 1. The number of carbonyl (C=O) groups is 1. The third-order valence-electron chi connectivity index (χ3n) is 2.01. The van der Waals surface area contributed by atoms with E-state index in [2.05, 4.69) is 11.6 Å². The molecule has 0 amide bonds. The van der Waals surface area contributed by atoms with E-state index in [1.807, 2.05) is 12.1 Å². The van der Waals surface area contributed by atoms with Crippen LogP contribution in [0, 0.1) is 0 Å². The average molecular weight is 202 g/mol. The molecule has 1 aromatic carbocycles. The summed E-state index contributed by atoms with van der Waals surface area (Å²) < 4.78 is 0. The van der Waals surface area contributed by atoms with Gasteiger partial charge in [-0.25, -0.2) is 0 Å². The van der Waals surface area contributed by atoms with Crippen LogP contribution in [-0.2, 0) is 0 Å². The number of rotatable bonds is 4. The molecule has 3 heteroatoms. The average Bonchev–Trinajstić information content (AvgIpc) is 2.26. The lowest BCUT2D eigenvalue weighted by Crippen LogP contribution is -2.12. The molecule has 0 saturated heterocycles. The number of Topliss-reactive ketones (excluding diaryl/α,β-unsaturated/α-hetero) is 1. The predicted octanol–water partition coefficient (Wildman–Crippen LogP) is 2.50. The van der Waals surface area contributed by atoms with Crippen LogP contribution in [0.3, 0.4) is 0 Å². The van der Waals surface area contributed by atoms with E-state index in [9.17, 15) is 4.79 Å². The number of hydrogen-bond acceptors (Lipinski definition) is 2. The van der Waals surface area contributed by atoms with Gasteiger partial charge in [0.1, 0.15) is 0 Å². The Bertz CT molecular complexity index is 379. The van der Waals surface area contributed by atoms with E-state index < -0.39 is 0 Å². The summed E-state index contributed by atoms with van der Waals surface area (Å²) >= 11 is 0. The van der Waals surface area contributed by atoms with Gasteiger partial charge in [0.25, 0.3) is 0 Å². The van der Waals surface area contributed by atoms with Gasteiger partial charge in [-0.3, -0.25) is 9.79 Å². The second-order valence-electron chi connectivity index (χ2n) is 3.07. The quantitative estimate of drug-likeness (QED) is 0.427. The second-order valence-corrected chi connectivity index (χ2v) is 3.07. The first-order chi connectivity index (χ1) is 7.19. The number of ketones is 1. The fourth-order valence-electron chi connectivity index (χ4n) is 1.21. The Morgan fingerprint density at radius 3 is 2.40 bits per heavy atom. The van der Waals surface area contributed by atoms with Crippen molar-refractivity contribution in [2.75, 3.05) is 11.9 Å². The molecule has 78 valence electrons. The highest BCUT2D eigenvalue weighted by atomic mass is 16.1. The van der Waals surface area contributed by atoms with Gasteiger partial charge in [-0.2, -0.15) is 0 Å². The van der Waals surface area contributed by atoms with Crippen LogP contribution in [0.2, 0.25) is 0 Å². The molecule has 15 heavy (non-hydrogen) atoms. The van der Waals surface area contributed by atoms with E-state index in [-0.39, 0.29) is 5.78 Å². The highest BCUT2D eigenvalue weighted by Gasteiger charge is 2.01. The highest BCUT2D eigenvalue weighted by molar-refractivity contribution is 5.94. The Morgan fingerprint density at radius 1 is 1.40 bits per heavy atom. The van der Waals surface area contributed by atoms with E-state index in [1.165, 1.54) is 0 Å². The molecule has 3 nitrogen and oxygen atoms in total. The second kappa shape index (κ2) is 5.10. The molecule has 0 fully saturated rings. The maximum atomic E-state index is 11.1. The molecule has 0 radical (unpaired) electrons. The zero-order valence-corrected chi connectivity index (χ0v) is 8.97. The molecule has 0 atom stereocenters. The van der Waals surface area contributed by atoms with Crippen LogP contribution in [0.1, 0.15) is 17.3 Å². The monoisotopic (exact) mass is 202 g/mol. The van der Waals surface area contributed by atoms with Crippen LogP contribution >= 0.6 is 0 Å². The topological polar surface area (TPSA) is 32.7 Å². The van der Waals surface area contributed by atoms with Crippen molar-refractivity contribution in [1.29, 1.82) is 0 Å². The van der Waals surface area contributed by atoms with Crippen LogP contribution in [0.5, 0.6) is 0 Å². The number of carbonyl (C=O) groups excluding carboxylic acids is 1. The van der Waals surface area contributed by atoms with Gasteiger partial charge >= 0.3 is 0 Å². The smallest absolute Gasteiger partial charge is 0.159 e. The van der Waals surface area contributed by atoms with Crippen molar-refractivity contribution >= 4 is 17.8 Å². The standard InChI is InChI=1S/C12H14N2O/c1-4-14(9-13-3)12-7-5-11(6-8-12)10(2)15/h4-9H,1H2,2-3H3. The molecule has 1 aromatic rings. The Kier molecular flexibility index (Phi) is 3.80. The van der Waals surface area contributed by atoms with Gasteiger partial charge in [-0.1, -0.05) is 6.58 Å². The highest BCUT2D eigenvalue weighted by Crippen LogP contribution is 2.14. The molecule has 0 saturated carbocycles. The van der Waals surface area contributed by atoms with Crippen molar-refractivity contribution in [3.8, 4) is 0 Å². The number of hydrogen-bond donors (Lipinski definition) is 0. The molecule has 0 aliphatic rings. The van der Waals surface area contributed by atoms with E-state index in [4.69, 9.17) is 0 Å². The fraction of sp³-hybridized carbons (Fsp3) is 0.167. The number of benzene rings is 1. The normalized spacial score (nSPS) is 10.3. The lowest BCUT2D eigenvalue weighted by molar-refractivity contribution is 0.101. The lowest BCUT2D eigenvalue weighted by atomic mass is 10.1. The molecular weight excluding hydrogens is 188 g/mol. The molecule has 0 unspecified atom stereocenters. The molecule has 1 rings (SSSR count). The van der Waals surface area contributed by atoms with Gasteiger partial charge < -0.3 is 4.90 Å². The summed E-state index contributed by atoms with van der Waals surface area (Å²) in [7, 11) is 1.69. The predicted molar refractivity (Wildman–Crippen MR) is 63.5 cm³/mol. The van der Waals surface area contributed by atoms with Gasteiger partial charge in [0.15, 0.2) is 5.78 Å². The van der Waals surface area contributed by atoms with Crippen LogP contribution in [0.4, 0.5) is 5.69 Å². The minimum atomic E-state index is 0.0656. The molecule has 0 N–H and O–H groups in total. The minimum Gasteiger partial charge on any atom is -0.309 e. The largest absolute Gasteiger partial charge is 0.309 e. The Balaban J connectivity index is 2.96. The summed E-state index contributed by atoms with van der Waals surface area (Å²) in [6, 6.07) is 7.30. The summed E-state index contributed by atoms with van der Waals surface area (Å²) in [5, 5.41) is 0. The van der Waals surface area contributed by atoms with Crippen molar-refractivity contribution in [3.63, 3.8) is 0 Å². The van der Waals surface area contributed by atoms with Crippen molar-refractivity contribution in [2.24, 2.45) is 4.99 Å². The molecular formula is C12H14N2O. The van der Waals surface area contributed by atoms with E-state index in [0.29, 0.717) is 5.56 Å². The lowest BCUT2D eigenvalue weighted by Gasteiger charge is -2.13. The molecule has 0 aliphatic heterocycles. The van der Waals surface area contributed by atoms with Crippen molar-refractivity contribution in [2.45, 2.75) is 6.92 Å². The maximum Gasteiger partial charge on any atom is 0.159 e. The molecule has 0 spiro atoms. The van der Waals surface area contributed by atoms with Crippen molar-refractivity contribution in [1.82, 2.24) is 0 Å². The Labute approximate surface area is 89.7 Å². The molecule has 0 aliphatic carbocycles. The van der Waals surface area contributed by atoms with E-state index in [0.717, 1.165) is 5.69 Å². The van der Waals surface area contributed by atoms with Crippen LogP contribution in [0.25, 0.3) is 0 Å². The maximum absolute atomic E-state index is 11.1. The number of nitrogens with zero attached hydrogens (tertiary/aromatic N) is 2. The van der Waals surface area contributed by atoms with Crippen LogP contribution < -0.4 is 4.90 Å². The Hall–Kier alpha value is -1.90. The minimum absolute atomic E-state index is 0.0656. The zero-order valence-electron chi connectivity index (χ0n) is 8.97. The summed E-state index contributed by atoms with van der Waals surface area (Å²) in [5.74, 6) is 0.0656. The van der Waals surface area contributed by atoms with Gasteiger partial charge in [0.2, 0.25) is 0 Å². The van der Waals surface area contributed by atoms with Gasteiger partial charge in [-0.15, -0.1) is 0 Å². The molecule has 0 bridgehead atoms. The summed E-state index contributed by atoms with van der Waals surface area (Å²) in [6.07, 6.45) is 3.32. The van der Waals surface area contributed by atoms with Gasteiger partial charge in [0, 0.05) is 24.5 Å². The van der Waals surface area contributed by atoms with Crippen molar-refractivity contribution in [3.05, 3.63) is 42.6 Å². The number of aliphatic imine (C=N–C) groups is 1. The Morgan fingerprint density at radius 2 is 2.00 bits per heavy atom. The third-order valence-corrected chi connectivity index (χ3v) is 2.01.